The summed E-state index contributed by atoms with van der Waals surface area (Å²) in [5.41, 5.74) is 0.377. The Morgan fingerprint density at radius 2 is 1.92 bits per heavy atom. The van der Waals surface area contributed by atoms with E-state index in [-0.39, 0.29) is 0 Å². The molecule has 5 rings (SSSR count). The number of amides is 1. The van der Waals surface area contributed by atoms with Gasteiger partial charge in [-0.05, 0) is 36.2 Å². The molecule has 1 aromatic heterocycles. The van der Waals surface area contributed by atoms with Crippen LogP contribution < -0.4 is 10.4 Å². The molecular formula is C24H18ClF4N3O3S. The van der Waals surface area contributed by atoms with Crippen LogP contribution in [0, 0.1) is 5.82 Å². The van der Waals surface area contributed by atoms with E-state index < -0.39 is 53.5 Å². The third kappa shape index (κ3) is 3.90. The Labute approximate surface area is 211 Å². The Hall–Kier alpha value is -3.18. The van der Waals surface area contributed by atoms with Crippen molar-refractivity contribution in [3.63, 3.8) is 0 Å². The minimum Gasteiger partial charge on any atom is -0.502 e. The zero-order valence-electron chi connectivity index (χ0n) is 18.6. The fraction of sp³-hybridized carbons (Fsp3) is 0.250. The number of rotatable bonds is 2. The molecule has 0 saturated heterocycles. The summed E-state index contributed by atoms with van der Waals surface area (Å²) >= 11 is 7.98. The van der Waals surface area contributed by atoms with Gasteiger partial charge in [0.25, 0.3) is 5.91 Å². The molecule has 0 fully saturated rings. The van der Waals surface area contributed by atoms with Crippen LogP contribution in [0.25, 0.3) is 0 Å². The molecule has 2 aliphatic rings. The molecule has 12 heteroatoms. The molecule has 6 nitrogen and oxygen atoms in total. The molecule has 0 spiro atoms. The lowest BCUT2D eigenvalue weighted by molar-refractivity contribution is -0.173. The summed E-state index contributed by atoms with van der Waals surface area (Å²) in [6, 6.07) is 7.21. The van der Waals surface area contributed by atoms with Crippen LogP contribution in [0.4, 0.5) is 17.6 Å². The second-order valence-corrected chi connectivity index (χ2v) is 9.91. The molecule has 3 aromatic rings. The maximum absolute atomic E-state index is 14.2. The van der Waals surface area contributed by atoms with Gasteiger partial charge in [0.15, 0.2) is 11.4 Å². The molecule has 0 radical (unpaired) electrons. The van der Waals surface area contributed by atoms with E-state index in [1.807, 2.05) is 6.07 Å². The van der Waals surface area contributed by atoms with E-state index in [9.17, 15) is 32.3 Å². The molecule has 2 atom stereocenters. The molecule has 2 aliphatic heterocycles. The van der Waals surface area contributed by atoms with Gasteiger partial charge in [-0.15, -0.1) is 11.8 Å². The number of pyridine rings is 1. The lowest BCUT2D eigenvalue weighted by Crippen LogP contribution is -2.60. The van der Waals surface area contributed by atoms with Crippen molar-refractivity contribution >= 4 is 29.3 Å². The second-order valence-electron chi connectivity index (χ2n) is 8.48. The van der Waals surface area contributed by atoms with Gasteiger partial charge < -0.3 is 10.0 Å². The Morgan fingerprint density at radius 1 is 1.17 bits per heavy atom. The molecule has 0 unspecified atom stereocenters. The average Bonchev–Trinajstić information content (AvgIpc) is 2.98. The van der Waals surface area contributed by atoms with Gasteiger partial charge in [0.2, 0.25) is 5.43 Å². The molecule has 2 aromatic carbocycles. The Bertz CT molecular complexity index is 1450. The van der Waals surface area contributed by atoms with E-state index in [0.29, 0.717) is 31.7 Å². The quantitative estimate of drug-likeness (QED) is 0.462. The zero-order valence-corrected chi connectivity index (χ0v) is 20.2. The molecule has 1 N–H and O–H groups in total. The van der Waals surface area contributed by atoms with Crippen molar-refractivity contribution in [1.82, 2.24) is 9.58 Å². The van der Waals surface area contributed by atoms with Crippen molar-refractivity contribution < 1.29 is 27.5 Å². The highest BCUT2D eigenvalue weighted by Crippen LogP contribution is 2.46. The summed E-state index contributed by atoms with van der Waals surface area (Å²) in [5, 5.41) is 12.3. The van der Waals surface area contributed by atoms with Gasteiger partial charge in [-0.1, -0.05) is 29.8 Å². The predicted molar refractivity (Wildman–Crippen MR) is 126 cm³/mol. The van der Waals surface area contributed by atoms with Crippen molar-refractivity contribution in [2.24, 2.45) is 0 Å². The third-order valence-electron chi connectivity index (χ3n) is 6.40. The molecule has 0 bridgehead atoms. The highest BCUT2D eigenvalue weighted by atomic mass is 35.5. The third-order valence-corrected chi connectivity index (χ3v) is 7.85. The van der Waals surface area contributed by atoms with E-state index in [1.165, 1.54) is 45.8 Å². The number of carbonyl (C=O) groups excluding carboxylic acids is 1. The second kappa shape index (κ2) is 8.74. The van der Waals surface area contributed by atoms with Gasteiger partial charge in [0.1, 0.15) is 24.6 Å². The topological polar surface area (TPSA) is 65.8 Å². The maximum atomic E-state index is 14.2. The van der Waals surface area contributed by atoms with Gasteiger partial charge in [0, 0.05) is 33.5 Å². The Balaban J connectivity index is 1.81. The summed E-state index contributed by atoms with van der Waals surface area (Å²) in [6.45, 7) is 0.280. The van der Waals surface area contributed by atoms with Gasteiger partial charge in [-0.2, -0.15) is 13.2 Å². The van der Waals surface area contributed by atoms with Crippen LogP contribution in [0.1, 0.15) is 40.1 Å². The summed E-state index contributed by atoms with van der Waals surface area (Å²) in [4.78, 5) is 26.5. The first-order chi connectivity index (χ1) is 17.0. The van der Waals surface area contributed by atoms with Crippen molar-refractivity contribution in [1.29, 1.82) is 0 Å². The summed E-state index contributed by atoms with van der Waals surface area (Å²) in [7, 11) is 0. The van der Waals surface area contributed by atoms with Crippen molar-refractivity contribution in [3.05, 3.63) is 92.1 Å². The lowest BCUT2D eigenvalue weighted by Gasteiger charge is -2.46. The van der Waals surface area contributed by atoms with E-state index in [1.54, 1.807) is 12.1 Å². The van der Waals surface area contributed by atoms with Crippen LogP contribution in [0.2, 0.25) is 5.02 Å². The fourth-order valence-electron chi connectivity index (χ4n) is 4.53. The molecule has 1 amide bonds. The summed E-state index contributed by atoms with van der Waals surface area (Å²) < 4.78 is 56.7. The van der Waals surface area contributed by atoms with Gasteiger partial charge in [-0.25, -0.2) is 4.39 Å². The minimum atomic E-state index is -4.77. The first kappa shape index (κ1) is 24.5. The van der Waals surface area contributed by atoms with Gasteiger partial charge >= 0.3 is 6.18 Å². The molecule has 36 heavy (non-hydrogen) atoms. The van der Waals surface area contributed by atoms with Crippen molar-refractivity contribution in [2.75, 3.05) is 11.7 Å². The predicted octanol–water partition coefficient (Wildman–Crippen LogP) is 5.04. The van der Waals surface area contributed by atoms with Crippen LogP contribution >= 0.6 is 23.4 Å². The smallest absolute Gasteiger partial charge is 0.408 e. The van der Waals surface area contributed by atoms with Crippen LogP contribution in [0.5, 0.6) is 5.75 Å². The fourth-order valence-corrected chi connectivity index (χ4v) is 5.93. The maximum Gasteiger partial charge on any atom is 0.408 e. The van der Waals surface area contributed by atoms with Crippen LogP contribution in [-0.2, 0) is 5.75 Å². The molecule has 0 saturated carbocycles. The number of nitrogens with zero attached hydrogens (tertiary/aromatic N) is 3. The monoisotopic (exact) mass is 539 g/mol. The summed E-state index contributed by atoms with van der Waals surface area (Å²) in [6.07, 6.45) is -3.55. The number of thioether (sulfide) groups is 1. The number of hydrogen-bond acceptors (Lipinski definition) is 5. The van der Waals surface area contributed by atoms with E-state index in [0.717, 1.165) is 18.6 Å². The summed E-state index contributed by atoms with van der Waals surface area (Å²) in [5.74, 6) is -2.18. The average molecular weight is 540 g/mol. The van der Waals surface area contributed by atoms with Crippen molar-refractivity contribution in [2.45, 2.75) is 35.8 Å². The number of halogens is 5. The molecule has 188 valence electrons. The molecular weight excluding hydrogens is 522 g/mol. The lowest BCUT2D eigenvalue weighted by atomic mass is 9.94. The zero-order chi connectivity index (χ0) is 25.9. The largest absolute Gasteiger partial charge is 0.502 e. The normalized spacial score (nSPS) is 18.3. The number of hydrogen-bond donors (Lipinski definition) is 1. The van der Waals surface area contributed by atoms with E-state index >= 15 is 0 Å². The van der Waals surface area contributed by atoms with E-state index in [2.05, 4.69) is 0 Å². The minimum absolute atomic E-state index is 0.328. The molecule has 3 heterocycles. The number of aromatic hydroxyl groups is 1. The SMILES string of the molecule is C[C@@H](N1CN([C@H]2c3ccc(F)cc3SCc3cccc(Cl)c32)n2ccc(=O)c(O)c2C1=O)C(F)(F)F. The first-order valence-corrected chi connectivity index (χ1v) is 12.1. The standard InChI is InChI=1S/C24H18ClF4N3O3S/c1-12(24(27,28)29)30-11-32(31-8-7-17(33)22(34)21(31)23(30)35)20-15-6-5-14(26)9-18(15)36-10-13-3-2-4-16(25)19(13)20/h2-9,12,20,34H,10-11H2,1H3/t12-,20+/m1/s1. The van der Waals surface area contributed by atoms with Crippen LogP contribution in [0.3, 0.4) is 0 Å². The highest BCUT2D eigenvalue weighted by molar-refractivity contribution is 7.98. The molecule has 0 aliphatic carbocycles. The van der Waals surface area contributed by atoms with Crippen LogP contribution in [0.15, 0.2) is 58.4 Å². The van der Waals surface area contributed by atoms with Gasteiger partial charge in [0.05, 0.1) is 0 Å². The van der Waals surface area contributed by atoms with Crippen molar-refractivity contribution in [3.8, 4) is 5.75 Å². The number of carbonyl (C=O) groups is 1. The van der Waals surface area contributed by atoms with Crippen LogP contribution in [-0.4, -0.2) is 39.5 Å². The number of fused-ring (bicyclic) bond motifs is 3. The number of benzene rings is 2. The number of alkyl halides is 3. The Morgan fingerprint density at radius 3 is 2.64 bits per heavy atom. The number of aromatic nitrogens is 1. The van der Waals surface area contributed by atoms with Gasteiger partial charge in [-0.3, -0.25) is 19.3 Å². The first-order valence-electron chi connectivity index (χ1n) is 10.8. The Kier molecular flexibility index (Phi) is 5.95. The highest BCUT2D eigenvalue weighted by Gasteiger charge is 2.47. The van der Waals surface area contributed by atoms with E-state index in [4.69, 9.17) is 11.6 Å².